The Bertz CT molecular complexity index is 831. The second kappa shape index (κ2) is 5.71. The van der Waals surface area contributed by atoms with Crippen LogP contribution in [0.4, 0.5) is 13.2 Å². The molecule has 0 bridgehead atoms. The van der Waals surface area contributed by atoms with Crippen LogP contribution in [0.1, 0.15) is 11.5 Å². The Morgan fingerprint density at radius 1 is 1.04 bits per heavy atom. The second-order valence-corrected chi connectivity index (χ2v) is 4.61. The highest BCUT2D eigenvalue weighted by molar-refractivity contribution is 5.47. The topological polar surface area (TPSA) is 61.0 Å². The predicted molar refractivity (Wildman–Crippen MR) is 73.8 cm³/mol. The van der Waals surface area contributed by atoms with Crippen LogP contribution in [-0.4, -0.2) is 15.2 Å². The lowest BCUT2D eigenvalue weighted by molar-refractivity contribution is -0.137. The zero-order chi connectivity index (χ0) is 16.4. The number of benzene rings is 1. The fourth-order valence-electron chi connectivity index (χ4n) is 1.85. The number of ether oxygens (including phenoxy) is 1. The molecule has 118 valence electrons. The first kappa shape index (κ1) is 15.0. The molecule has 0 aliphatic carbocycles. The van der Waals surface area contributed by atoms with Gasteiger partial charge in [0, 0.05) is 13.0 Å². The van der Waals surface area contributed by atoms with Crippen LogP contribution in [0.5, 0.6) is 11.6 Å². The standard InChI is InChI=1S/C15H10F3N3O2/c1-9-20-21-14(22-9)12-6-3-7-13(19-12)23-11-5-2-4-10(8-11)15(16,17)18/h2-8H,1H3. The minimum atomic E-state index is -4.43. The quantitative estimate of drug-likeness (QED) is 0.721. The van der Waals surface area contributed by atoms with Crippen LogP contribution < -0.4 is 4.74 Å². The first-order chi connectivity index (χ1) is 10.9. The highest BCUT2D eigenvalue weighted by Crippen LogP contribution is 2.32. The zero-order valence-corrected chi connectivity index (χ0v) is 11.8. The van der Waals surface area contributed by atoms with Gasteiger partial charge in [-0.3, -0.25) is 0 Å². The first-order valence-corrected chi connectivity index (χ1v) is 6.54. The molecule has 0 aliphatic heterocycles. The Balaban J connectivity index is 1.86. The van der Waals surface area contributed by atoms with Crippen LogP contribution in [0.2, 0.25) is 0 Å². The van der Waals surface area contributed by atoms with E-state index in [9.17, 15) is 13.2 Å². The summed E-state index contributed by atoms with van der Waals surface area (Å²) in [5.41, 5.74) is -0.422. The lowest BCUT2D eigenvalue weighted by Gasteiger charge is -2.09. The fourth-order valence-corrected chi connectivity index (χ4v) is 1.85. The van der Waals surface area contributed by atoms with E-state index in [0.717, 1.165) is 12.1 Å². The van der Waals surface area contributed by atoms with Crippen LogP contribution in [-0.2, 0) is 6.18 Å². The van der Waals surface area contributed by atoms with Crippen molar-refractivity contribution in [1.82, 2.24) is 15.2 Å². The van der Waals surface area contributed by atoms with Gasteiger partial charge in [0.25, 0.3) is 5.89 Å². The molecular formula is C15H10F3N3O2. The molecule has 1 aromatic carbocycles. The van der Waals surface area contributed by atoms with Crippen molar-refractivity contribution < 1.29 is 22.3 Å². The van der Waals surface area contributed by atoms with Crippen LogP contribution in [0.15, 0.2) is 46.9 Å². The summed E-state index contributed by atoms with van der Waals surface area (Å²) in [6.07, 6.45) is -4.43. The largest absolute Gasteiger partial charge is 0.439 e. The molecule has 0 radical (unpaired) electrons. The second-order valence-electron chi connectivity index (χ2n) is 4.61. The number of aromatic nitrogens is 3. The molecule has 0 fully saturated rings. The van der Waals surface area contributed by atoms with Crippen molar-refractivity contribution in [3.63, 3.8) is 0 Å². The van der Waals surface area contributed by atoms with E-state index in [-0.39, 0.29) is 17.5 Å². The van der Waals surface area contributed by atoms with Crippen molar-refractivity contribution in [1.29, 1.82) is 0 Å². The summed E-state index contributed by atoms with van der Waals surface area (Å²) in [6.45, 7) is 1.64. The third-order valence-electron chi connectivity index (χ3n) is 2.85. The minimum Gasteiger partial charge on any atom is -0.439 e. The summed E-state index contributed by atoms with van der Waals surface area (Å²) in [5, 5.41) is 7.52. The zero-order valence-electron chi connectivity index (χ0n) is 11.8. The van der Waals surface area contributed by atoms with E-state index in [2.05, 4.69) is 15.2 Å². The van der Waals surface area contributed by atoms with Gasteiger partial charge in [0.2, 0.25) is 11.8 Å². The van der Waals surface area contributed by atoms with E-state index in [4.69, 9.17) is 9.15 Å². The van der Waals surface area contributed by atoms with E-state index < -0.39 is 11.7 Å². The highest BCUT2D eigenvalue weighted by Gasteiger charge is 2.30. The van der Waals surface area contributed by atoms with Crippen molar-refractivity contribution in [2.24, 2.45) is 0 Å². The summed E-state index contributed by atoms with van der Waals surface area (Å²) >= 11 is 0. The summed E-state index contributed by atoms with van der Waals surface area (Å²) in [4.78, 5) is 4.14. The molecule has 0 amide bonds. The molecule has 3 aromatic rings. The molecule has 0 atom stereocenters. The van der Waals surface area contributed by atoms with E-state index in [1.165, 1.54) is 18.2 Å². The Kier molecular flexibility index (Phi) is 3.73. The lowest BCUT2D eigenvalue weighted by atomic mass is 10.2. The van der Waals surface area contributed by atoms with Crippen LogP contribution >= 0.6 is 0 Å². The number of rotatable bonds is 3. The van der Waals surface area contributed by atoms with Gasteiger partial charge < -0.3 is 9.15 Å². The van der Waals surface area contributed by atoms with Crippen molar-refractivity contribution in [2.75, 3.05) is 0 Å². The highest BCUT2D eigenvalue weighted by atomic mass is 19.4. The molecule has 0 saturated heterocycles. The van der Waals surface area contributed by atoms with Gasteiger partial charge in [0.1, 0.15) is 11.4 Å². The Labute approximate surface area is 128 Å². The molecule has 8 heteroatoms. The molecule has 0 saturated carbocycles. The van der Waals surface area contributed by atoms with Crippen molar-refractivity contribution in [3.8, 4) is 23.2 Å². The first-order valence-electron chi connectivity index (χ1n) is 6.54. The van der Waals surface area contributed by atoms with Gasteiger partial charge in [-0.15, -0.1) is 10.2 Å². The summed E-state index contributed by atoms with van der Waals surface area (Å²) in [5.74, 6) is 0.742. The summed E-state index contributed by atoms with van der Waals surface area (Å²) < 4.78 is 48.7. The average molecular weight is 321 g/mol. The van der Waals surface area contributed by atoms with E-state index >= 15 is 0 Å². The molecule has 0 spiro atoms. The third kappa shape index (κ3) is 3.47. The monoisotopic (exact) mass is 321 g/mol. The van der Waals surface area contributed by atoms with Gasteiger partial charge >= 0.3 is 6.18 Å². The Morgan fingerprint density at radius 3 is 2.52 bits per heavy atom. The summed E-state index contributed by atoms with van der Waals surface area (Å²) in [6, 6.07) is 9.34. The maximum atomic E-state index is 12.7. The molecule has 2 heterocycles. The van der Waals surface area contributed by atoms with Crippen molar-refractivity contribution in [2.45, 2.75) is 13.1 Å². The van der Waals surface area contributed by atoms with Gasteiger partial charge in [0.05, 0.1) is 5.56 Å². The number of halogens is 3. The maximum Gasteiger partial charge on any atom is 0.416 e. The smallest absolute Gasteiger partial charge is 0.416 e. The average Bonchev–Trinajstić information content (AvgIpc) is 2.94. The number of aryl methyl sites for hydroxylation is 1. The lowest BCUT2D eigenvalue weighted by Crippen LogP contribution is -2.04. The summed E-state index contributed by atoms with van der Waals surface area (Å²) in [7, 11) is 0. The normalized spacial score (nSPS) is 11.5. The minimum absolute atomic E-state index is 0.0335. The molecule has 2 aromatic heterocycles. The van der Waals surface area contributed by atoms with Crippen molar-refractivity contribution in [3.05, 3.63) is 53.9 Å². The van der Waals surface area contributed by atoms with Gasteiger partial charge in [-0.1, -0.05) is 12.1 Å². The fraction of sp³-hybridized carbons (Fsp3) is 0.133. The van der Waals surface area contributed by atoms with Crippen LogP contribution in [0.3, 0.4) is 0 Å². The number of hydrogen-bond donors (Lipinski definition) is 0. The Morgan fingerprint density at radius 2 is 1.83 bits per heavy atom. The van der Waals surface area contributed by atoms with E-state index in [0.29, 0.717) is 11.6 Å². The molecule has 0 N–H and O–H groups in total. The molecule has 0 aliphatic rings. The molecule has 0 unspecified atom stereocenters. The third-order valence-corrected chi connectivity index (χ3v) is 2.85. The molecule has 5 nitrogen and oxygen atoms in total. The number of nitrogens with zero attached hydrogens (tertiary/aromatic N) is 3. The number of pyridine rings is 1. The van der Waals surface area contributed by atoms with Crippen LogP contribution in [0, 0.1) is 6.92 Å². The van der Waals surface area contributed by atoms with Crippen LogP contribution in [0.25, 0.3) is 11.6 Å². The maximum absolute atomic E-state index is 12.7. The van der Waals surface area contributed by atoms with Gasteiger partial charge in [-0.25, -0.2) is 4.98 Å². The van der Waals surface area contributed by atoms with Gasteiger partial charge in [-0.05, 0) is 24.3 Å². The van der Waals surface area contributed by atoms with Gasteiger partial charge in [0.15, 0.2) is 0 Å². The number of alkyl halides is 3. The molecular weight excluding hydrogens is 311 g/mol. The SMILES string of the molecule is Cc1nnc(-c2cccc(Oc3cccc(C(F)(F)F)c3)n2)o1. The predicted octanol–water partition coefficient (Wildman–Crippen LogP) is 4.25. The van der Waals surface area contributed by atoms with E-state index in [1.54, 1.807) is 19.1 Å². The van der Waals surface area contributed by atoms with E-state index in [1.807, 2.05) is 0 Å². The van der Waals surface area contributed by atoms with Gasteiger partial charge in [-0.2, -0.15) is 13.2 Å². The Hall–Kier alpha value is -2.90. The number of hydrogen-bond acceptors (Lipinski definition) is 5. The van der Waals surface area contributed by atoms with Crippen molar-refractivity contribution >= 4 is 0 Å². The molecule has 23 heavy (non-hydrogen) atoms. The molecule has 3 rings (SSSR count).